The summed E-state index contributed by atoms with van der Waals surface area (Å²) in [6.07, 6.45) is 7.48. The lowest BCUT2D eigenvalue weighted by atomic mass is 10.1. The van der Waals surface area contributed by atoms with E-state index in [-0.39, 0.29) is 5.25 Å². The highest BCUT2D eigenvalue weighted by atomic mass is 32.2. The van der Waals surface area contributed by atoms with Gasteiger partial charge in [0.2, 0.25) is 11.8 Å². The maximum atomic E-state index is 11.8. The highest BCUT2D eigenvalue weighted by Crippen LogP contribution is 2.30. The average Bonchev–Trinajstić information content (AvgIpc) is 2.85. The van der Waals surface area contributed by atoms with Crippen LogP contribution in [0.3, 0.4) is 0 Å². The van der Waals surface area contributed by atoms with Crippen molar-refractivity contribution in [3.63, 3.8) is 0 Å². The van der Waals surface area contributed by atoms with E-state index >= 15 is 0 Å². The number of allylic oxidation sites excluding steroid dienone is 1. The van der Waals surface area contributed by atoms with E-state index in [2.05, 4.69) is 20.2 Å². The van der Waals surface area contributed by atoms with Gasteiger partial charge in [0.25, 0.3) is 0 Å². The molecule has 1 aliphatic heterocycles. The number of anilines is 3. The molecular formula is C27H29N5O3S. The van der Waals surface area contributed by atoms with Crippen LogP contribution >= 0.6 is 0 Å². The summed E-state index contributed by atoms with van der Waals surface area (Å²) in [5, 5.41) is 11.7. The van der Waals surface area contributed by atoms with Crippen LogP contribution in [0.25, 0.3) is 6.08 Å². The lowest BCUT2D eigenvalue weighted by molar-refractivity contribution is 0.455. The van der Waals surface area contributed by atoms with Gasteiger partial charge in [0.05, 0.1) is 11.3 Å². The van der Waals surface area contributed by atoms with Crippen molar-refractivity contribution >= 4 is 33.2 Å². The molecule has 1 N–H and O–H groups in total. The topological polar surface area (TPSA) is 108 Å². The molecule has 0 spiro atoms. The highest BCUT2D eigenvalue weighted by molar-refractivity contribution is 7.91. The smallest absolute Gasteiger partial charge is 0.230 e. The van der Waals surface area contributed by atoms with Crippen LogP contribution in [-0.2, 0) is 9.84 Å². The molecule has 4 rings (SSSR count). The summed E-state index contributed by atoms with van der Waals surface area (Å²) in [6, 6.07) is 15.6. The van der Waals surface area contributed by atoms with Crippen LogP contribution in [-0.4, -0.2) is 43.0 Å². The lowest BCUT2D eigenvalue weighted by Gasteiger charge is -2.32. The number of piperidine rings is 1. The Morgan fingerprint density at radius 2 is 1.78 bits per heavy atom. The number of hydrogen-bond acceptors (Lipinski definition) is 8. The van der Waals surface area contributed by atoms with Crippen molar-refractivity contribution in [2.24, 2.45) is 0 Å². The van der Waals surface area contributed by atoms with Gasteiger partial charge < -0.3 is 15.0 Å². The second kappa shape index (κ2) is 10.8. The zero-order valence-electron chi connectivity index (χ0n) is 20.6. The summed E-state index contributed by atoms with van der Waals surface area (Å²) in [5.41, 5.74) is 4.72. The second-order valence-electron chi connectivity index (χ2n) is 8.95. The molecule has 0 aliphatic carbocycles. The van der Waals surface area contributed by atoms with E-state index in [0.717, 1.165) is 46.9 Å². The molecule has 2 heterocycles. The number of nitrogens with zero attached hydrogens (tertiary/aromatic N) is 4. The Hall–Kier alpha value is -3.90. The molecule has 0 bridgehead atoms. The molecule has 2 aromatic carbocycles. The van der Waals surface area contributed by atoms with Gasteiger partial charge in [0.15, 0.2) is 0 Å². The molecule has 1 aliphatic rings. The van der Waals surface area contributed by atoms with Crippen molar-refractivity contribution < 1.29 is 13.2 Å². The number of rotatable bonds is 7. The molecule has 9 heteroatoms. The molecule has 0 amide bonds. The molecule has 8 nitrogen and oxygen atoms in total. The van der Waals surface area contributed by atoms with E-state index < -0.39 is 9.84 Å². The third-order valence-electron chi connectivity index (χ3n) is 6.21. The molecule has 186 valence electrons. The average molecular weight is 504 g/mol. The summed E-state index contributed by atoms with van der Waals surface area (Å²) in [7, 11) is -2.98. The summed E-state index contributed by atoms with van der Waals surface area (Å²) >= 11 is 0. The number of aryl methyl sites for hydroxylation is 2. The second-order valence-corrected chi connectivity index (χ2v) is 11.3. The predicted molar refractivity (Wildman–Crippen MR) is 142 cm³/mol. The number of benzene rings is 2. The van der Waals surface area contributed by atoms with E-state index in [4.69, 9.17) is 10.00 Å². The standard InChI is InChI=1S/C27H29N5O3S/c1-19-17-21(5-4-13-28)18-20(2)26(19)35-25-10-14-29-27(31-25)30-22-6-8-23(9-7-22)32-15-11-24(12-16-32)36(3,33)34/h4-10,14,17-18,24H,11-12,15-16H2,1-3H3,(H,29,30,31)/b5-4+. The normalized spacial score (nSPS) is 14.6. The van der Waals surface area contributed by atoms with Gasteiger partial charge in [-0.15, -0.1) is 0 Å². The molecule has 1 saturated heterocycles. The Kier molecular flexibility index (Phi) is 7.55. The van der Waals surface area contributed by atoms with Gasteiger partial charge in [-0.1, -0.05) is 0 Å². The third kappa shape index (κ3) is 6.20. The first-order chi connectivity index (χ1) is 17.2. The number of aromatic nitrogens is 2. The minimum Gasteiger partial charge on any atom is -0.438 e. The van der Waals surface area contributed by atoms with Gasteiger partial charge >= 0.3 is 0 Å². The van der Waals surface area contributed by atoms with Crippen molar-refractivity contribution in [1.29, 1.82) is 5.26 Å². The van der Waals surface area contributed by atoms with Crippen molar-refractivity contribution in [3.8, 4) is 17.7 Å². The SMILES string of the molecule is Cc1cc(/C=C/C#N)cc(C)c1Oc1ccnc(Nc2ccc(N3CCC(S(C)(=O)=O)CC3)cc2)n1. The summed E-state index contributed by atoms with van der Waals surface area (Å²) in [6.45, 7) is 5.36. The van der Waals surface area contributed by atoms with Crippen molar-refractivity contribution in [3.05, 3.63) is 71.4 Å². The fraction of sp³-hybridized carbons (Fsp3) is 0.296. The van der Waals surface area contributed by atoms with Gasteiger partial charge in [-0.25, -0.2) is 13.4 Å². The zero-order chi connectivity index (χ0) is 25.7. The number of hydrogen-bond donors (Lipinski definition) is 1. The van der Waals surface area contributed by atoms with Gasteiger partial charge in [-0.05, 0) is 85.9 Å². The Labute approximate surface area is 212 Å². The molecule has 0 unspecified atom stereocenters. The minimum atomic E-state index is -2.98. The van der Waals surface area contributed by atoms with E-state index in [9.17, 15) is 8.42 Å². The lowest BCUT2D eigenvalue weighted by Crippen LogP contribution is -2.38. The zero-order valence-corrected chi connectivity index (χ0v) is 21.4. The molecule has 36 heavy (non-hydrogen) atoms. The van der Waals surface area contributed by atoms with Crippen LogP contribution in [0.2, 0.25) is 0 Å². The van der Waals surface area contributed by atoms with Crippen LogP contribution in [0.15, 0.2) is 54.7 Å². The Morgan fingerprint density at radius 3 is 2.39 bits per heavy atom. The summed E-state index contributed by atoms with van der Waals surface area (Å²) in [5.74, 6) is 1.56. The summed E-state index contributed by atoms with van der Waals surface area (Å²) in [4.78, 5) is 11.0. The molecule has 0 radical (unpaired) electrons. The van der Waals surface area contributed by atoms with Crippen molar-refractivity contribution in [2.45, 2.75) is 31.9 Å². The Morgan fingerprint density at radius 1 is 1.11 bits per heavy atom. The number of sulfone groups is 1. The predicted octanol–water partition coefficient (Wildman–Crippen LogP) is 5.18. The van der Waals surface area contributed by atoms with Crippen molar-refractivity contribution in [2.75, 3.05) is 29.6 Å². The molecule has 0 saturated carbocycles. The minimum absolute atomic E-state index is 0.243. The van der Waals surface area contributed by atoms with Crippen LogP contribution in [0, 0.1) is 25.2 Å². The maximum absolute atomic E-state index is 11.8. The van der Waals surface area contributed by atoms with E-state index in [1.54, 1.807) is 18.3 Å². The van der Waals surface area contributed by atoms with Gasteiger partial charge in [-0.3, -0.25) is 0 Å². The van der Waals surface area contributed by atoms with Crippen molar-refractivity contribution in [1.82, 2.24) is 9.97 Å². The maximum Gasteiger partial charge on any atom is 0.230 e. The third-order valence-corrected chi connectivity index (χ3v) is 7.89. The molecule has 1 fully saturated rings. The number of nitrogens with one attached hydrogen (secondary N) is 1. The first-order valence-electron chi connectivity index (χ1n) is 11.7. The monoisotopic (exact) mass is 503 g/mol. The van der Waals surface area contributed by atoms with Gasteiger partial charge in [0, 0.05) is 49.1 Å². The molecule has 0 atom stereocenters. The van der Waals surface area contributed by atoms with Gasteiger partial charge in [0.1, 0.15) is 15.6 Å². The Bertz CT molecular complexity index is 1380. The fourth-order valence-electron chi connectivity index (χ4n) is 4.37. The van der Waals surface area contributed by atoms with Crippen LogP contribution in [0.5, 0.6) is 11.6 Å². The highest BCUT2D eigenvalue weighted by Gasteiger charge is 2.26. The first-order valence-corrected chi connectivity index (χ1v) is 13.7. The first kappa shape index (κ1) is 25.2. The fourth-order valence-corrected chi connectivity index (χ4v) is 5.43. The largest absolute Gasteiger partial charge is 0.438 e. The molecular weight excluding hydrogens is 474 g/mol. The van der Waals surface area contributed by atoms with Crippen LogP contribution in [0.4, 0.5) is 17.3 Å². The van der Waals surface area contributed by atoms with E-state index in [1.807, 2.05) is 56.3 Å². The summed E-state index contributed by atoms with van der Waals surface area (Å²) < 4.78 is 29.7. The number of nitriles is 1. The van der Waals surface area contributed by atoms with E-state index in [1.165, 1.54) is 12.3 Å². The Balaban J connectivity index is 1.41. The van der Waals surface area contributed by atoms with Crippen LogP contribution < -0.4 is 15.0 Å². The van der Waals surface area contributed by atoms with E-state index in [0.29, 0.717) is 24.7 Å². The molecule has 1 aromatic heterocycles. The van der Waals surface area contributed by atoms with Gasteiger partial charge in [-0.2, -0.15) is 10.2 Å². The quantitative estimate of drug-likeness (QED) is 0.440. The number of ether oxygens (including phenoxy) is 1. The molecule has 3 aromatic rings. The van der Waals surface area contributed by atoms with Crippen LogP contribution in [0.1, 0.15) is 29.5 Å².